The average Bonchev–Trinajstić information content (AvgIpc) is 3.10. The number of carbonyl (C=O) groups is 2. The lowest BCUT2D eigenvalue weighted by atomic mass is 10.1. The minimum Gasteiger partial charge on any atom is -0.444 e. The average molecular weight is 462 g/mol. The summed E-state index contributed by atoms with van der Waals surface area (Å²) in [7, 11) is -3.82. The molecular weight excluding hydrogens is 432 g/mol. The molecule has 0 radical (unpaired) electrons. The van der Waals surface area contributed by atoms with E-state index in [9.17, 15) is 26.8 Å². The summed E-state index contributed by atoms with van der Waals surface area (Å²) in [6.45, 7) is 7.29. The Kier molecular flexibility index (Phi) is 7.85. The van der Waals surface area contributed by atoms with E-state index in [1.54, 1.807) is 27.7 Å². The van der Waals surface area contributed by atoms with Crippen molar-refractivity contribution in [1.82, 2.24) is 10.2 Å². The van der Waals surface area contributed by atoms with Crippen LogP contribution >= 0.6 is 0 Å². The van der Waals surface area contributed by atoms with Gasteiger partial charge in [-0.05, 0) is 52.2 Å². The number of halogens is 2. The first-order valence-electron chi connectivity index (χ1n) is 10.1. The molecule has 2 rings (SSSR count). The minimum absolute atomic E-state index is 0.0251. The summed E-state index contributed by atoms with van der Waals surface area (Å²) in [5.74, 6) is -3.70. The van der Waals surface area contributed by atoms with Crippen LogP contribution in [0.15, 0.2) is 12.1 Å². The first-order chi connectivity index (χ1) is 14.3. The van der Waals surface area contributed by atoms with E-state index in [0.717, 1.165) is 12.1 Å². The lowest BCUT2D eigenvalue weighted by molar-refractivity contribution is 0.0225. The van der Waals surface area contributed by atoms with Crippen LogP contribution in [0, 0.1) is 11.6 Å². The normalized spacial score (nSPS) is 16.8. The van der Waals surface area contributed by atoms with Crippen molar-refractivity contribution in [3.05, 3.63) is 29.3 Å². The Labute approximate surface area is 181 Å². The van der Waals surface area contributed by atoms with Gasteiger partial charge in [0.15, 0.2) is 5.82 Å². The molecule has 31 heavy (non-hydrogen) atoms. The second-order valence-corrected chi connectivity index (χ2v) is 10.2. The highest BCUT2D eigenvalue weighted by Crippen LogP contribution is 2.24. The van der Waals surface area contributed by atoms with Crippen LogP contribution in [0.5, 0.6) is 0 Å². The lowest BCUT2D eigenvalue weighted by Gasteiger charge is -2.28. The number of nitrogens with one attached hydrogen (secondary N) is 2. The lowest BCUT2D eigenvalue weighted by Crippen LogP contribution is -2.45. The number of benzene rings is 1. The number of likely N-dealkylation sites (tertiary alicyclic amines) is 1. The zero-order chi connectivity index (χ0) is 23.4. The van der Waals surface area contributed by atoms with Crippen molar-refractivity contribution in [3.8, 4) is 0 Å². The van der Waals surface area contributed by atoms with E-state index in [2.05, 4.69) is 5.32 Å². The molecule has 1 fully saturated rings. The zero-order valence-electron chi connectivity index (χ0n) is 18.1. The number of amides is 2. The van der Waals surface area contributed by atoms with Gasteiger partial charge < -0.3 is 15.0 Å². The van der Waals surface area contributed by atoms with E-state index in [0.29, 0.717) is 25.8 Å². The van der Waals surface area contributed by atoms with E-state index in [1.165, 1.54) is 4.90 Å². The van der Waals surface area contributed by atoms with E-state index < -0.39 is 50.5 Å². The molecule has 0 aliphatic carbocycles. The second-order valence-electron chi connectivity index (χ2n) is 8.38. The quantitative estimate of drug-likeness (QED) is 0.649. The Hall–Kier alpha value is -2.43. The summed E-state index contributed by atoms with van der Waals surface area (Å²) >= 11 is 0. The van der Waals surface area contributed by atoms with Gasteiger partial charge in [0.05, 0.1) is 17.5 Å². The fourth-order valence-corrected chi connectivity index (χ4v) is 4.37. The summed E-state index contributed by atoms with van der Waals surface area (Å²) in [5.41, 5.74) is -2.07. The highest BCUT2D eigenvalue weighted by molar-refractivity contribution is 7.92. The van der Waals surface area contributed by atoms with E-state index in [1.807, 2.05) is 4.72 Å². The number of anilines is 1. The summed E-state index contributed by atoms with van der Waals surface area (Å²) in [4.78, 5) is 26.3. The molecule has 174 valence electrons. The third-order valence-corrected chi connectivity index (χ3v) is 6.04. The largest absolute Gasteiger partial charge is 0.444 e. The van der Waals surface area contributed by atoms with Gasteiger partial charge >= 0.3 is 6.09 Å². The highest BCUT2D eigenvalue weighted by Gasteiger charge is 2.33. The van der Waals surface area contributed by atoms with Crippen LogP contribution in [0.1, 0.15) is 57.3 Å². The maximum Gasteiger partial charge on any atom is 0.410 e. The summed E-state index contributed by atoms with van der Waals surface area (Å²) in [5, 5.41) is 2.44. The molecule has 1 heterocycles. The molecule has 2 N–H and O–H groups in total. The van der Waals surface area contributed by atoms with Gasteiger partial charge in [-0.25, -0.2) is 22.0 Å². The number of hydrogen-bond acceptors (Lipinski definition) is 5. The van der Waals surface area contributed by atoms with E-state index in [4.69, 9.17) is 4.74 Å². The first kappa shape index (κ1) is 24.8. The number of rotatable bonds is 7. The van der Waals surface area contributed by atoms with Gasteiger partial charge in [0.25, 0.3) is 5.91 Å². The SMILES string of the molecule is CCCS(=O)(=O)Nc1ccc(F)c(C(=O)NCC2CCCN2C(=O)OC(C)(C)C)c1F. The van der Waals surface area contributed by atoms with Crippen LogP contribution in [0.3, 0.4) is 0 Å². The van der Waals surface area contributed by atoms with E-state index >= 15 is 0 Å². The molecule has 1 saturated heterocycles. The summed E-state index contributed by atoms with van der Waals surface area (Å²) < 4.78 is 60.1. The number of ether oxygens (including phenoxy) is 1. The van der Waals surface area contributed by atoms with Crippen LogP contribution in [-0.4, -0.2) is 55.8 Å². The first-order valence-corrected chi connectivity index (χ1v) is 11.8. The predicted octanol–water partition coefficient (Wildman–Crippen LogP) is 3.25. The van der Waals surface area contributed by atoms with Crippen molar-refractivity contribution in [2.24, 2.45) is 0 Å². The fraction of sp³-hybridized carbons (Fsp3) is 0.600. The fourth-order valence-electron chi connectivity index (χ4n) is 3.23. The number of carbonyl (C=O) groups excluding carboxylic acids is 2. The van der Waals surface area contributed by atoms with Crippen molar-refractivity contribution in [3.63, 3.8) is 0 Å². The predicted molar refractivity (Wildman–Crippen MR) is 112 cm³/mol. The molecule has 1 aromatic carbocycles. The Bertz CT molecular complexity index is 931. The molecule has 0 aromatic heterocycles. The molecule has 1 aliphatic rings. The molecular formula is C20H29F2N3O5S. The van der Waals surface area contributed by atoms with Crippen LogP contribution < -0.4 is 10.0 Å². The van der Waals surface area contributed by atoms with Gasteiger partial charge in [-0.15, -0.1) is 0 Å². The standard InChI is InChI=1S/C20H29F2N3O5S/c1-5-11-31(28,29)24-15-9-8-14(21)16(17(15)22)18(26)23-12-13-7-6-10-25(13)19(27)30-20(2,3)4/h8-9,13,24H,5-7,10-12H2,1-4H3,(H,23,26). The Morgan fingerprint density at radius 2 is 1.94 bits per heavy atom. The molecule has 0 spiro atoms. The van der Waals surface area contributed by atoms with Gasteiger partial charge in [-0.2, -0.15) is 0 Å². The number of sulfonamides is 1. The van der Waals surface area contributed by atoms with Crippen molar-refractivity contribution < 1.29 is 31.5 Å². The number of nitrogens with zero attached hydrogens (tertiary/aromatic N) is 1. The molecule has 2 amide bonds. The van der Waals surface area contributed by atoms with Crippen molar-refractivity contribution >= 4 is 27.7 Å². The monoisotopic (exact) mass is 461 g/mol. The van der Waals surface area contributed by atoms with Crippen molar-refractivity contribution in [2.45, 2.75) is 58.6 Å². The molecule has 0 bridgehead atoms. The third-order valence-electron chi connectivity index (χ3n) is 4.56. The molecule has 8 nitrogen and oxygen atoms in total. The smallest absolute Gasteiger partial charge is 0.410 e. The summed E-state index contributed by atoms with van der Waals surface area (Å²) in [6, 6.07) is 1.37. The van der Waals surface area contributed by atoms with Crippen LogP contribution in [0.25, 0.3) is 0 Å². The number of hydrogen-bond donors (Lipinski definition) is 2. The molecule has 1 aliphatic heterocycles. The molecule has 11 heteroatoms. The van der Waals surface area contributed by atoms with Gasteiger partial charge in [-0.1, -0.05) is 6.92 Å². The maximum atomic E-state index is 14.7. The minimum atomic E-state index is -3.82. The zero-order valence-corrected chi connectivity index (χ0v) is 18.9. The highest BCUT2D eigenvalue weighted by atomic mass is 32.2. The molecule has 0 saturated carbocycles. The van der Waals surface area contributed by atoms with Gasteiger partial charge in [0.2, 0.25) is 10.0 Å². The molecule has 1 aromatic rings. The van der Waals surface area contributed by atoms with Crippen molar-refractivity contribution in [2.75, 3.05) is 23.6 Å². The Morgan fingerprint density at radius 1 is 1.26 bits per heavy atom. The van der Waals surface area contributed by atoms with Gasteiger partial charge in [0, 0.05) is 13.1 Å². The second kappa shape index (κ2) is 9.80. The van der Waals surface area contributed by atoms with Gasteiger partial charge in [0.1, 0.15) is 17.0 Å². The Morgan fingerprint density at radius 3 is 2.55 bits per heavy atom. The Balaban J connectivity index is 2.11. The molecule has 1 atom stereocenters. The maximum absolute atomic E-state index is 14.7. The van der Waals surface area contributed by atoms with Crippen LogP contribution in [-0.2, 0) is 14.8 Å². The molecule has 1 unspecified atom stereocenters. The van der Waals surface area contributed by atoms with E-state index in [-0.39, 0.29) is 18.3 Å². The van der Waals surface area contributed by atoms with Crippen LogP contribution in [0.2, 0.25) is 0 Å². The topological polar surface area (TPSA) is 105 Å². The summed E-state index contributed by atoms with van der Waals surface area (Å²) in [6.07, 6.45) is 1.09. The van der Waals surface area contributed by atoms with Crippen molar-refractivity contribution in [1.29, 1.82) is 0 Å². The van der Waals surface area contributed by atoms with Crippen LogP contribution in [0.4, 0.5) is 19.3 Å². The van der Waals surface area contributed by atoms with Gasteiger partial charge in [-0.3, -0.25) is 9.52 Å². The third kappa shape index (κ3) is 6.78.